The van der Waals surface area contributed by atoms with Gasteiger partial charge in [-0.1, -0.05) is 31.0 Å². The molecule has 1 aliphatic rings. The Balaban J connectivity index is 1.89. The zero-order valence-electron chi connectivity index (χ0n) is 12.5. The number of rotatable bonds is 6. The highest BCUT2D eigenvalue weighted by Gasteiger charge is 2.24. The molecule has 1 aliphatic carbocycles. The summed E-state index contributed by atoms with van der Waals surface area (Å²) >= 11 is 1.55. The van der Waals surface area contributed by atoms with E-state index in [0.29, 0.717) is 11.8 Å². The summed E-state index contributed by atoms with van der Waals surface area (Å²) in [5.41, 5.74) is 0. The quantitative estimate of drug-likeness (QED) is 0.757. The molecule has 5 heteroatoms. The summed E-state index contributed by atoms with van der Waals surface area (Å²) in [6.07, 6.45) is 9.97. The third-order valence-corrected chi connectivity index (χ3v) is 5.01. The lowest BCUT2D eigenvalue weighted by atomic mass is 9.94. The summed E-state index contributed by atoms with van der Waals surface area (Å²) in [5, 5.41) is 0.945. The fraction of sp³-hybridized carbons (Fsp3) is 0.733. The van der Waals surface area contributed by atoms with Crippen molar-refractivity contribution in [2.45, 2.75) is 63.7 Å². The molecule has 20 heavy (non-hydrogen) atoms. The lowest BCUT2D eigenvalue weighted by molar-refractivity contribution is -0.131. The maximum absolute atomic E-state index is 12.4. The van der Waals surface area contributed by atoms with Crippen LogP contribution in [0.15, 0.2) is 17.6 Å². The largest absolute Gasteiger partial charge is 0.339 e. The normalized spacial score (nSPS) is 16.3. The zero-order chi connectivity index (χ0) is 14.4. The highest BCUT2D eigenvalue weighted by molar-refractivity contribution is 7.99. The van der Waals surface area contributed by atoms with Gasteiger partial charge in [0, 0.05) is 31.5 Å². The molecular weight excluding hydrogens is 270 g/mol. The second-order valence-corrected chi connectivity index (χ2v) is 6.20. The van der Waals surface area contributed by atoms with Crippen molar-refractivity contribution in [3.63, 3.8) is 0 Å². The van der Waals surface area contributed by atoms with E-state index in [4.69, 9.17) is 0 Å². The molecule has 0 atom stereocenters. The Bertz CT molecular complexity index is 427. The van der Waals surface area contributed by atoms with Gasteiger partial charge in [-0.15, -0.1) is 0 Å². The predicted octanol–water partition coefficient (Wildman–Crippen LogP) is 3.18. The van der Waals surface area contributed by atoms with Crippen LogP contribution in [0, 0.1) is 0 Å². The van der Waals surface area contributed by atoms with Crippen LogP contribution in [0.1, 0.15) is 46.0 Å². The number of amides is 1. The third-order valence-electron chi connectivity index (χ3n) is 4.02. The highest BCUT2D eigenvalue weighted by atomic mass is 32.2. The van der Waals surface area contributed by atoms with E-state index in [1.165, 1.54) is 32.1 Å². The van der Waals surface area contributed by atoms with E-state index in [2.05, 4.69) is 28.3 Å². The molecule has 0 bridgehead atoms. The van der Waals surface area contributed by atoms with Gasteiger partial charge in [-0.05, 0) is 26.7 Å². The Morgan fingerprint density at radius 2 is 2.15 bits per heavy atom. The van der Waals surface area contributed by atoms with Gasteiger partial charge in [0.1, 0.15) is 0 Å². The standard InChI is InChI=1S/C15H25N3OS/c1-3-17-11-10-16-15(17)20-12-14(19)18(4-2)13-8-6-5-7-9-13/h10-11,13H,3-9,12H2,1-2H3. The van der Waals surface area contributed by atoms with Crippen LogP contribution < -0.4 is 0 Å². The maximum Gasteiger partial charge on any atom is 0.233 e. The molecule has 1 aromatic rings. The summed E-state index contributed by atoms with van der Waals surface area (Å²) in [6, 6.07) is 0.466. The van der Waals surface area contributed by atoms with Gasteiger partial charge >= 0.3 is 0 Å². The van der Waals surface area contributed by atoms with Gasteiger partial charge in [-0.2, -0.15) is 0 Å². The molecule has 0 radical (unpaired) electrons. The smallest absolute Gasteiger partial charge is 0.233 e. The number of hydrogen-bond acceptors (Lipinski definition) is 3. The number of aromatic nitrogens is 2. The van der Waals surface area contributed by atoms with E-state index >= 15 is 0 Å². The molecule has 0 spiro atoms. The topological polar surface area (TPSA) is 38.1 Å². The maximum atomic E-state index is 12.4. The Morgan fingerprint density at radius 1 is 1.40 bits per heavy atom. The summed E-state index contributed by atoms with van der Waals surface area (Å²) in [5.74, 6) is 0.761. The first-order valence-corrected chi connectivity index (χ1v) is 8.68. The molecule has 1 saturated carbocycles. The van der Waals surface area contributed by atoms with E-state index < -0.39 is 0 Å². The first-order chi connectivity index (χ1) is 9.76. The monoisotopic (exact) mass is 295 g/mol. The summed E-state index contributed by atoms with van der Waals surface area (Å²) in [7, 11) is 0. The molecule has 2 rings (SSSR count). The number of aryl methyl sites for hydroxylation is 1. The first kappa shape index (κ1) is 15.4. The number of hydrogen-bond donors (Lipinski definition) is 0. The SMILES string of the molecule is CCN(C(=O)CSc1nccn1CC)C1CCCCC1. The molecule has 112 valence electrons. The minimum absolute atomic E-state index is 0.259. The molecule has 1 fully saturated rings. The summed E-state index contributed by atoms with van der Waals surface area (Å²) in [4.78, 5) is 18.8. The number of thioether (sulfide) groups is 1. The number of carbonyl (C=O) groups is 1. The number of nitrogens with zero attached hydrogens (tertiary/aromatic N) is 3. The summed E-state index contributed by atoms with van der Waals surface area (Å²) in [6.45, 7) is 5.90. The minimum Gasteiger partial charge on any atom is -0.339 e. The Kier molecular flexibility index (Phi) is 5.95. The molecule has 1 heterocycles. The molecule has 0 aliphatic heterocycles. The summed E-state index contributed by atoms with van der Waals surface area (Å²) < 4.78 is 2.08. The van der Waals surface area contributed by atoms with E-state index in [-0.39, 0.29) is 5.91 Å². The molecular formula is C15H25N3OS. The number of imidazole rings is 1. The lowest BCUT2D eigenvalue weighted by Gasteiger charge is -2.33. The van der Waals surface area contributed by atoms with E-state index in [9.17, 15) is 4.79 Å². The van der Waals surface area contributed by atoms with Gasteiger partial charge in [-0.3, -0.25) is 4.79 Å². The van der Waals surface area contributed by atoms with Crippen molar-refractivity contribution in [2.75, 3.05) is 12.3 Å². The van der Waals surface area contributed by atoms with Crippen LogP contribution in [-0.2, 0) is 11.3 Å². The van der Waals surface area contributed by atoms with Crippen molar-refractivity contribution >= 4 is 17.7 Å². The first-order valence-electron chi connectivity index (χ1n) is 7.69. The van der Waals surface area contributed by atoms with Crippen molar-refractivity contribution in [1.29, 1.82) is 0 Å². The molecule has 1 amide bonds. The van der Waals surface area contributed by atoms with Crippen LogP contribution >= 0.6 is 11.8 Å². The van der Waals surface area contributed by atoms with E-state index in [0.717, 1.165) is 18.2 Å². The van der Waals surface area contributed by atoms with Crippen LogP contribution in [0.25, 0.3) is 0 Å². The average Bonchev–Trinajstić information content (AvgIpc) is 2.94. The van der Waals surface area contributed by atoms with Crippen LogP contribution in [0.5, 0.6) is 0 Å². The lowest BCUT2D eigenvalue weighted by Crippen LogP contribution is -2.42. The fourth-order valence-corrected chi connectivity index (χ4v) is 3.83. The molecule has 0 saturated heterocycles. The average molecular weight is 295 g/mol. The van der Waals surface area contributed by atoms with Crippen molar-refractivity contribution in [3.05, 3.63) is 12.4 Å². The van der Waals surface area contributed by atoms with E-state index in [1.54, 1.807) is 18.0 Å². The Morgan fingerprint density at radius 3 is 2.80 bits per heavy atom. The van der Waals surface area contributed by atoms with Gasteiger partial charge in [0.2, 0.25) is 5.91 Å². The van der Waals surface area contributed by atoms with Crippen LogP contribution in [0.3, 0.4) is 0 Å². The third kappa shape index (κ3) is 3.78. The van der Waals surface area contributed by atoms with Crippen molar-refractivity contribution in [3.8, 4) is 0 Å². The second-order valence-electron chi connectivity index (χ2n) is 5.26. The second kappa shape index (κ2) is 7.72. The fourth-order valence-electron chi connectivity index (χ4n) is 2.92. The van der Waals surface area contributed by atoms with Crippen LogP contribution in [-0.4, -0.2) is 38.7 Å². The van der Waals surface area contributed by atoms with Gasteiger partial charge in [0.15, 0.2) is 5.16 Å². The van der Waals surface area contributed by atoms with Gasteiger partial charge in [0.25, 0.3) is 0 Å². The Labute approximate surface area is 125 Å². The van der Waals surface area contributed by atoms with E-state index in [1.807, 2.05) is 6.20 Å². The van der Waals surface area contributed by atoms with Crippen molar-refractivity contribution < 1.29 is 4.79 Å². The van der Waals surface area contributed by atoms with Crippen LogP contribution in [0.4, 0.5) is 0 Å². The van der Waals surface area contributed by atoms with Gasteiger partial charge in [0.05, 0.1) is 5.75 Å². The number of carbonyl (C=O) groups excluding carboxylic acids is 1. The van der Waals surface area contributed by atoms with Crippen LogP contribution in [0.2, 0.25) is 0 Å². The molecule has 4 nitrogen and oxygen atoms in total. The molecule has 1 aromatic heterocycles. The molecule has 0 unspecified atom stereocenters. The van der Waals surface area contributed by atoms with Crippen molar-refractivity contribution in [2.24, 2.45) is 0 Å². The predicted molar refractivity (Wildman–Crippen MR) is 82.9 cm³/mol. The van der Waals surface area contributed by atoms with Gasteiger partial charge < -0.3 is 9.47 Å². The zero-order valence-corrected chi connectivity index (χ0v) is 13.4. The van der Waals surface area contributed by atoms with Crippen molar-refractivity contribution in [1.82, 2.24) is 14.5 Å². The van der Waals surface area contributed by atoms with Gasteiger partial charge in [-0.25, -0.2) is 4.98 Å². The Hall–Kier alpha value is -0.970. The highest BCUT2D eigenvalue weighted by Crippen LogP contribution is 2.24. The molecule has 0 N–H and O–H groups in total. The minimum atomic E-state index is 0.259. The molecule has 0 aromatic carbocycles.